The van der Waals surface area contributed by atoms with Gasteiger partial charge in [-0.15, -0.1) is 0 Å². The summed E-state index contributed by atoms with van der Waals surface area (Å²) in [5, 5.41) is 3.89. The van der Waals surface area contributed by atoms with Crippen LogP contribution < -0.4 is 19.7 Å². The number of halogens is 1. The molecule has 1 aromatic heterocycles. The number of amides is 1. The van der Waals surface area contributed by atoms with E-state index in [1.807, 2.05) is 25.1 Å². The van der Waals surface area contributed by atoms with E-state index in [1.165, 1.54) is 18.2 Å². The molecule has 0 radical (unpaired) electrons. The zero-order chi connectivity index (χ0) is 28.1. The molecule has 4 aromatic rings. The molecule has 0 saturated carbocycles. The molecule has 5 rings (SSSR count). The third-order valence-corrected chi connectivity index (χ3v) is 9.02. The van der Waals surface area contributed by atoms with Crippen molar-refractivity contribution >= 4 is 48.3 Å². The molecule has 0 bridgehead atoms. The fourth-order valence-corrected chi connectivity index (χ4v) is 6.58. The van der Waals surface area contributed by atoms with Crippen molar-refractivity contribution < 1.29 is 22.3 Å². The first kappa shape index (κ1) is 27.8. The largest absolute Gasteiger partial charge is 0.494 e. The predicted molar refractivity (Wildman–Crippen MR) is 155 cm³/mol. The predicted octanol–water partition coefficient (Wildman–Crippen LogP) is 4.19. The minimum absolute atomic E-state index is 0.0932. The van der Waals surface area contributed by atoms with Gasteiger partial charge in [-0.05, 0) is 61.5 Å². The number of ether oxygens (including phenoxy) is 1. The van der Waals surface area contributed by atoms with Crippen molar-refractivity contribution in [3.63, 3.8) is 0 Å². The Morgan fingerprint density at radius 2 is 1.80 bits per heavy atom. The fourth-order valence-electron chi connectivity index (χ4n) is 4.46. The highest BCUT2D eigenvalue weighted by molar-refractivity contribution is 7.92. The van der Waals surface area contributed by atoms with Gasteiger partial charge in [-0.3, -0.25) is 14.4 Å². The second-order valence-corrected chi connectivity index (χ2v) is 11.9. The molecule has 2 heterocycles. The molecule has 1 amide bonds. The number of hydrogen-bond acceptors (Lipinski definition) is 8. The van der Waals surface area contributed by atoms with Crippen LogP contribution in [0, 0.1) is 5.82 Å². The van der Waals surface area contributed by atoms with E-state index in [2.05, 4.69) is 19.8 Å². The first-order valence-corrected chi connectivity index (χ1v) is 15.3. The topological polar surface area (TPSA) is 104 Å². The monoisotopic (exact) mass is 583 g/mol. The van der Waals surface area contributed by atoms with Crippen LogP contribution in [0.15, 0.2) is 71.6 Å². The molecule has 9 nitrogen and oxygen atoms in total. The summed E-state index contributed by atoms with van der Waals surface area (Å²) >= 11 is 1.66. The number of rotatable bonds is 10. The number of sulfonamides is 1. The van der Waals surface area contributed by atoms with Crippen LogP contribution in [0.4, 0.5) is 15.2 Å². The molecule has 40 heavy (non-hydrogen) atoms. The Balaban J connectivity index is 1.13. The third kappa shape index (κ3) is 6.52. The number of para-hydroxylation sites is 1. The van der Waals surface area contributed by atoms with Crippen LogP contribution in [0.3, 0.4) is 0 Å². The summed E-state index contributed by atoms with van der Waals surface area (Å²) in [6.45, 7) is 7.02. The number of thiazole rings is 1. The van der Waals surface area contributed by atoms with E-state index >= 15 is 0 Å². The van der Waals surface area contributed by atoms with Crippen molar-refractivity contribution in [2.45, 2.75) is 11.8 Å². The van der Waals surface area contributed by atoms with E-state index in [1.54, 1.807) is 29.5 Å². The van der Waals surface area contributed by atoms with Crippen molar-refractivity contribution in [1.82, 2.24) is 15.2 Å². The van der Waals surface area contributed by atoms with Crippen molar-refractivity contribution in [3.8, 4) is 5.75 Å². The molecule has 1 aliphatic rings. The number of hydrogen-bond donors (Lipinski definition) is 2. The summed E-state index contributed by atoms with van der Waals surface area (Å²) in [6, 6.07) is 16.9. The van der Waals surface area contributed by atoms with Gasteiger partial charge in [-0.2, -0.15) is 0 Å². The number of anilines is 2. The minimum atomic E-state index is -3.99. The van der Waals surface area contributed by atoms with Crippen LogP contribution in [-0.4, -0.2) is 70.1 Å². The average molecular weight is 584 g/mol. The first-order chi connectivity index (χ1) is 19.3. The molecule has 1 aliphatic heterocycles. The molecule has 2 N–H and O–H groups in total. The number of carbonyl (C=O) groups is 1. The highest BCUT2D eigenvalue weighted by Gasteiger charge is 2.21. The molecule has 210 valence electrons. The Bertz CT molecular complexity index is 1590. The second kappa shape index (κ2) is 12.2. The molecule has 1 saturated heterocycles. The Morgan fingerprint density at radius 3 is 2.55 bits per heavy atom. The molecule has 3 aromatic carbocycles. The van der Waals surface area contributed by atoms with Crippen LogP contribution in [0.1, 0.15) is 17.3 Å². The third-order valence-electron chi connectivity index (χ3n) is 6.56. The molecular formula is C28H30FN5O4S2. The molecular weight excluding hydrogens is 553 g/mol. The summed E-state index contributed by atoms with van der Waals surface area (Å²) in [5.41, 5.74) is 1.33. The quantitative estimate of drug-likeness (QED) is 0.289. The van der Waals surface area contributed by atoms with Gasteiger partial charge < -0.3 is 15.0 Å². The Labute approximate surface area is 236 Å². The van der Waals surface area contributed by atoms with Crippen LogP contribution >= 0.6 is 11.3 Å². The highest BCUT2D eigenvalue weighted by Crippen LogP contribution is 2.32. The van der Waals surface area contributed by atoms with Crippen LogP contribution in [0.5, 0.6) is 5.75 Å². The van der Waals surface area contributed by atoms with E-state index < -0.39 is 15.8 Å². The maximum atomic E-state index is 13.2. The molecule has 0 spiro atoms. The van der Waals surface area contributed by atoms with Crippen LogP contribution in [0.2, 0.25) is 0 Å². The zero-order valence-corrected chi connectivity index (χ0v) is 23.6. The van der Waals surface area contributed by atoms with E-state index in [9.17, 15) is 17.6 Å². The molecule has 12 heteroatoms. The van der Waals surface area contributed by atoms with Gasteiger partial charge in [0.25, 0.3) is 15.9 Å². The van der Waals surface area contributed by atoms with Gasteiger partial charge in [-0.25, -0.2) is 17.8 Å². The molecule has 0 atom stereocenters. The lowest BCUT2D eigenvalue weighted by Gasteiger charge is -2.34. The maximum Gasteiger partial charge on any atom is 0.261 e. The molecule has 1 fully saturated rings. The fraction of sp³-hybridized carbons (Fsp3) is 0.286. The molecule has 0 aliphatic carbocycles. The van der Waals surface area contributed by atoms with Gasteiger partial charge in [0, 0.05) is 39.3 Å². The smallest absolute Gasteiger partial charge is 0.261 e. The lowest BCUT2D eigenvalue weighted by Crippen LogP contribution is -2.48. The number of nitrogens with one attached hydrogen (secondary N) is 2. The second-order valence-electron chi connectivity index (χ2n) is 9.25. The Morgan fingerprint density at radius 1 is 1.05 bits per heavy atom. The van der Waals surface area contributed by atoms with Gasteiger partial charge >= 0.3 is 0 Å². The normalized spacial score (nSPS) is 14.3. The number of carbonyl (C=O) groups excluding carboxylic acids is 1. The number of fused-ring (bicyclic) bond motifs is 1. The Hall–Kier alpha value is -3.74. The number of piperazine rings is 1. The van der Waals surface area contributed by atoms with Crippen LogP contribution in [0.25, 0.3) is 10.2 Å². The van der Waals surface area contributed by atoms with Crippen molar-refractivity contribution in [2.75, 3.05) is 55.5 Å². The van der Waals surface area contributed by atoms with E-state index in [0.717, 1.165) is 59.4 Å². The first-order valence-electron chi connectivity index (χ1n) is 13.0. The minimum Gasteiger partial charge on any atom is -0.494 e. The number of nitrogens with zero attached hydrogens (tertiary/aromatic N) is 3. The van der Waals surface area contributed by atoms with Gasteiger partial charge in [0.05, 0.1) is 33.0 Å². The SMILES string of the molecule is CCOc1ccc2nc(N3CCN(CCNC(=O)c4ccccc4NS(=O)(=O)c4ccc(F)cc4)CC3)sc2c1. The zero-order valence-electron chi connectivity index (χ0n) is 22.0. The lowest BCUT2D eigenvalue weighted by atomic mass is 10.1. The summed E-state index contributed by atoms with van der Waals surface area (Å²) in [7, 11) is -3.99. The van der Waals surface area contributed by atoms with Crippen molar-refractivity contribution in [2.24, 2.45) is 0 Å². The van der Waals surface area contributed by atoms with Gasteiger partial charge in [0.1, 0.15) is 11.6 Å². The molecule has 0 unspecified atom stereocenters. The average Bonchev–Trinajstić information content (AvgIpc) is 3.37. The van der Waals surface area contributed by atoms with E-state index in [4.69, 9.17) is 9.72 Å². The summed E-state index contributed by atoms with van der Waals surface area (Å²) in [5.74, 6) is -0.0600. The standard InChI is InChI=1S/C28H30FN5O4S2/c1-2-38-21-9-12-25-26(19-21)39-28(31-25)34-17-15-33(16-18-34)14-13-30-27(35)23-5-3-4-6-24(23)32-40(36,37)22-10-7-20(29)8-11-22/h3-12,19,32H,2,13-18H2,1H3,(H,30,35). The lowest BCUT2D eigenvalue weighted by molar-refractivity contribution is 0.0948. The highest BCUT2D eigenvalue weighted by atomic mass is 32.2. The Kier molecular flexibility index (Phi) is 8.48. The number of aromatic nitrogens is 1. The van der Waals surface area contributed by atoms with Gasteiger partial charge in [-0.1, -0.05) is 23.5 Å². The van der Waals surface area contributed by atoms with Crippen LogP contribution in [-0.2, 0) is 10.0 Å². The van der Waals surface area contributed by atoms with Gasteiger partial charge in [0.2, 0.25) is 0 Å². The van der Waals surface area contributed by atoms with E-state index in [-0.39, 0.29) is 22.1 Å². The number of benzene rings is 3. The van der Waals surface area contributed by atoms with Gasteiger partial charge in [0.15, 0.2) is 5.13 Å². The summed E-state index contributed by atoms with van der Waals surface area (Å²) in [6.07, 6.45) is 0. The van der Waals surface area contributed by atoms with E-state index in [0.29, 0.717) is 19.7 Å². The summed E-state index contributed by atoms with van der Waals surface area (Å²) < 4.78 is 47.9. The van der Waals surface area contributed by atoms with Crippen molar-refractivity contribution in [3.05, 3.63) is 78.1 Å². The van der Waals surface area contributed by atoms with Crippen molar-refractivity contribution in [1.29, 1.82) is 0 Å². The maximum absolute atomic E-state index is 13.2. The summed E-state index contributed by atoms with van der Waals surface area (Å²) in [4.78, 5) is 22.2.